The number of ether oxygens (including phenoxy) is 6. The number of aromatic nitrogens is 2. The Labute approximate surface area is 280 Å². The molecule has 0 aliphatic carbocycles. The van der Waals surface area contributed by atoms with E-state index >= 15 is 0 Å². The number of nitro benzene ring substituents is 2. The van der Waals surface area contributed by atoms with E-state index in [-0.39, 0.29) is 23.0 Å². The van der Waals surface area contributed by atoms with Crippen LogP contribution in [0, 0.1) is 20.2 Å². The third-order valence-electron chi connectivity index (χ3n) is 6.46. The molecule has 0 aliphatic rings. The molecule has 0 spiro atoms. The van der Waals surface area contributed by atoms with Crippen LogP contribution in [0.5, 0.6) is 34.5 Å². The van der Waals surface area contributed by atoms with Gasteiger partial charge in [-0.25, -0.2) is 4.79 Å². The van der Waals surface area contributed by atoms with E-state index in [0.717, 1.165) is 18.2 Å². The number of hydrogen-bond donors (Lipinski definition) is 0. The molecule has 0 saturated heterocycles. The molecule has 0 unspecified atom stereocenters. The van der Waals surface area contributed by atoms with Gasteiger partial charge in [0.25, 0.3) is 11.4 Å². The van der Waals surface area contributed by atoms with Crippen molar-refractivity contribution in [1.82, 2.24) is 10.2 Å². The fourth-order valence-corrected chi connectivity index (χ4v) is 6.05. The lowest BCUT2D eigenvalue weighted by atomic mass is 10.1. The van der Waals surface area contributed by atoms with Crippen molar-refractivity contribution in [3.8, 4) is 45.1 Å². The van der Waals surface area contributed by atoms with Gasteiger partial charge in [-0.2, -0.15) is 0 Å². The first-order chi connectivity index (χ1) is 23.1. The van der Waals surface area contributed by atoms with Gasteiger partial charge >= 0.3 is 5.97 Å². The fourth-order valence-electron chi connectivity index (χ4n) is 4.27. The molecule has 0 amide bonds. The number of oxime groups is 1. The highest BCUT2D eigenvalue weighted by molar-refractivity contribution is 8.01. The second-order valence-corrected chi connectivity index (χ2v) is 11.3. The summed E-state index contributed by atoms with van der Waals surface area (Å²) in [5, 5.41) is 35.8. The van der Waals surface area contributed by atoms with Gasteiger partial charge in [-0.3, -0.25) is 20.2 Å². The maximum absolute atomic E-state index is 13.0. The third kappa shape index (κ3) is 7.64. The predicted molar refractivity (Wildman–Crippen MR) is 174 cm³/mol. The van der Waals surface area contributed by atoms with Crippen LogP contribution in [0.2, 0.25) is 0 Å². The van der Waals surface area contributed by atoms with Gasteiger partial charge in [0.1, 0.15) is 10.7 Å². The molecule has 0 aliphatic heterocycles. The summed E-state index contributed by atoms with van der Waals surface area (Å²) in [5.74, 6) is 0.934. The second-order valence-electron chi connectivity index (χ2n) is 9.13. The molecule has 3 aromatic carbocycles. The Balaban J connectivity index is 1.70. The van der Waals surface area contributed by atoms with E-state index in [9.17, 15) is 25.0 Å². The summed E-state index contributed by atoms with van der Waals surface area (Å²) in [5.41, 5.74) is -0.645. The van der Waals surface area contributed by atoms with E-state index in [4.69, 9.17) is 33.3 Å². The second kappa shape index (κ2) is 15.7. The molecule has 1 aromatic heterocycles. The van der Waals surface area contributed by atoms with Crippen molar-refractivity contribution in [2.75, 3.05) is 48.4 Å². The van der Waals surface area contributed by atoms with Gasteiger partial charge in [0, 0.05) is 29.0 Å². The molecule has 0 fully saturated rings. The number of thioether (sulfide) groups is 1. The maximum atomic E-state index is 13.0. The van der Waals surface area contributed by atoms with E-state index in [1.807, 2.05) is 0 Å². The molecular formula is C29H27N5O12S2. The van der Waals surface area contributed by atoms with Crippen LogP contribution >= 0.6 is 23.1 Å². The average molecular weight is 702 g/mol. The minimum absolute atomic E-state index is 0.0398. The van der Waals surface area contributed by atoms with Gasteiger partial charge in [0.15, 0.2) is 27.3 Å². The smallest absolute Gasteiger partial charge is 0.366 e. The number of rotatable bonds is 15. The lowest BCUT2D eigenvalue weighted by Crippen LogP contribution is -2.11. The minimum atomic E-state index is -1.18. The Bertz CT molecular complexity index is 1820. The Morgan fingerprint density at radius 2 is 1.35 bits per heavy atom. The summed E-state index contributed by atoms with van der Waals surface area (Å²) < 4.78 is 33.2. The first kappa shape index (κ1) is 35.2. The van der Waals surface area contributed by atoms with Gasteiger partial charge in [-0.1, -0.05) is 28.3 Å². The van der Waals surface area contributed by atoms with E-state index in [1.54, 1.807) is 24.3 Å². The molecule has 4 aromatic rings. The average Bonchev–Trinajstić information content (AvgIpc) is 3.58. The highest BCUT2D eigenvalue weighted by Crippen LogP contribution is 2.43. The van der Waals surface area contributed by atoms with E-state index in [0.29, 0.717) is 43.5 Å². The number of carbonyl (C=O) groups excluding carboxylic acids is 1. The van der Waals surface area contributed by atoms with E-state index in [2.05, 4.69) is 15.4 Å². The first-order valence-electron chi connectivity index (χ1n) is 13.4. The Hall–Kier alpha value is -5.69. The van der Waals surface area contributed by atoms with E-state index < -0.39 is 32.8 Å². The lowest BCUT2D eigenvalue weighted by Gasteiger charge is -2.16. The molecule has 0 atom stereocenters. The predicted octanol–water partition coefficient (Wildman–Crippen LogP) is 5.43. The number of non-ortho nitro benzene ring substituents is 2. The summed E-state index contributed by atoms with van der Waals surface area (Å²) in [7, 11) is 8.75. The molecule has 0 bridgehead atoms. The number of methoxy groups -OCH3 is 6. The van der Waals surface area contributed by atoms with Crippen LogP contribution in [0.1, 0.15) is 15.9 Å². The zero-order chi connectivity index (χ0) is 35.0. The normalized spacial score (nSPS) is 11.0. The topological polar surface area (TPSA) is 206 Å². The lowest BCUT2D eigenvalue weighted by molar-refractivity contribution is -0.394. The monoisotopic (exact) mass is 701 g/mol. The molecule has 19 heteroatoms. The van der Waals surface area contributed by atoms with Crippen LogP contribution in [0.3, 0.4) is 0 Å². The summed E-state index contributed by atoms with van der Waals surface area (Å²) in [6, 6.07) is 9.09. The number of nitrogens with zero attached hydrogens (tertiary/aromatic N) is 5. The van der Waals surface area contributed by atoms with Crippen LogP contribution in [0.15, 0.2) is 52.0 Å². The summed E-state index contributed by atoms with van der Waals surface area (Å²) in [6.45, 7) is 0. The molecule has 0 N–H and O–H groups in total. The van der Waals surface area contributed by atoms with Gasteiger partial charge in [0.05, 0.1) is 64.1 Å². The first-order valence-corrected chi connectivity index (χ1v) is 15.2. The highest BCUT2D eigenvalue weighted by Gasteiger charge is 2.24. The van der Waals surface area contributed by atoms with Crippen molar-refractivity contribution in [3.05, 3.63) is 73.8 Å². The summed E-state index contributed by atoms with van der Waals surface area (Å²) in [6.07, 6.45) is 0. The van der Waals surface area contributed by atoms with Gasteiger partial charge in [-0.05, 0) is 24.3 Å². The van der Waals surface area contributed by atoms with Crippen molar-refractivity contribution in [2.45, 2.75) is 4.34 Å². The van der Waals surface area contributed by atoms with Crippen molar-refractivity contribution in [3.63, 3.8) is 0 Å². The molecule has 0 saturated carbocycles. The van der Waals surface area contributed by atoms with Crippen LogP contribution in [0.25, 0.3) is 10.6 Å². The van der Waals surface area contributed by atoms with Crippen molar-refractivity contribution in [2.24, 2.45) is 5.16 Å². The molecular weight excluding hydrogens is 674 g/mol. The van der Waals surface area contributed by atoms with Crippen LogP contribution in [-0.4, -0.2) is 80.1 Å². The molecule has 4 rings (SSSR count). The Morgan fingerprint density at radius 1 is 0.771 bits per heavy atom. The number of hydrogen-bond acceptors (Lipinski definition) is 17. The van der Waals surface area contributed by atoms with Crippen LogP contribution < -0.4 is 28.4 Å². The molecule has 1 heterocycles. The van der Waals surface area contributed by atoms with Crippen LogP contribution in [0.4, 0.5) is 11.4 Å². The Kier molecular flexibility index (Phi) is 11.5. The zero-order valence-corrected chi connectivity index (χ0v) is 27.8. The van der Waals surface area contributed by atoms with Gasteiger partial charge in [0.2, 0.25) is 11.5 Å². The molecule has 0 radical (unpaired) electrons. The molecule has 17 nitrogen and oxygen atoms in total. The highest BCUT2D eigenvalue weighted by atomic mass is 32.2. The van der Waals surface area contributed by atoms with E-state index in [1.165, 1.54) is 65.8 Å². The summed E-state index contributed by atoms with van der Waals surface area (Å²) in [4.78, 5) is 39.1. The number of nitro groups is 2. The third-order valence-corrected chi connectivity index (χ3v) is 8.58. The van der Waals surface area contributed by atoms with Crippen molar-refractivity contribution < 1.29 is 47.9 Å². The standard InChI is InChI=1S/C29H27N5O12S2/c1-40-21-8-7-19(24(43-4)26(21)45-6)20(32-46-28(35)16-9-17(33(36)37)13-18(10-16)34(38)39)14-47-29-31-30-27(48-29)15-11-22(41-2)25(44-5)23(12-15)42-3/h7-13H,14H2,1-6H3/b32-20-. The fraction of sp³-hybridized carbons (Fsp3) is 0.241. The van der Waals surface area contributed by atoms with Gasteiger partial charge in [-0.15, -0.1) is 10.2 Å². The van der Waals surface area contributed by atoms with Crippen molar-refractivity contribution >= 4 is 46.2 Å². The largest absolute Gasteiger partial charge is 0.493 e. The van der Waals surface area contributed by atoms with Crippen molar-refractivity contribution in [1.29, 1.82) is 0 Å². The summed E-state index contributed by atoms with van der Waals surface area (Å²) >= 11 is 2.45. The number of benzene rings is 3. The molecule has 252 valence electrons. The van der Waals surface area contributed by atoms with Crippen LogP contribution in [-0.2, 0) is 4.84 Å². The number of carbonyl (C=O) groups is 1. The van der Waals surface area contributed by atoms with Gasteiger partial charge < -0.3 is 33.3 Å². The maximum Gasteiger partial charge on any atom is 0.366 e. The SMILES string of the molecule is COc1cc(-c2nnc(SC/C(=N/OC(=O)c3cc([N+](=O)[O-])cc([N+](=O)[O-])c3)c3ccc(OC)c(OC)c3OC)s2)cc(OC)c1OC. The quantitative estimate of drug-likeness (QED) is 0.0498. The Morgan fingerprint density at radius 3 is 1.88 bits per heavy atom. The molecule has 48 heavy (non-hydrogen) atoms. The minimum Gasteiger partial charge on any atom is -0.493 e. The zero-order valence-electron chi connectivity index (χ0n) is 26.2.